The molecule has 2 aromatic rings. The van der Waals surface area contributed by atoms with Gasteiger partial charge >= 0.3 is 0 Å². The molecular formula is C9H11N3O. The van der Waals surface area contributed by atoms with E-state index in [0.29, 0.717) is 6.54 Å². The summed E-state index contributed by atoms with van der Waals surface area (Å²) >= 11 is 0. The molecule has 0 spiro atoms. The Bertz CT molecular complexity index is 408. The average molecular weight is 177 g/mol. The number of hydrogen-bond acceptors (Lipinski definition) is 3. The molecule has 1 N–H and O–H groups in total. The molecule has 0 bridgehead atoms. The van der Waals surface area contributed by atoms with Gasteiger partial charge in [-0.25, -0.2) is 9.97 Å². The molecule has 4 nitrogen and oxygen atoms in total. The highest BCUT2D eigenvalue weighted by atomic mass is 16.3. The molecule has 0 aliphatic carbocycles. The van der Waals surface area contributed by atoms with Crippen LogP contribution in [-0.4, -0.2) is 25.7 Å². The van der Waals surface area contributed by atoms with E-state index in [1.54, 1.807) is 19.4 Å². The van der Waals surface area contributed by atoms with Crippen LogP contribution in [0.1, 0.15) is 6.92 Å². The molecule has 4 heteroatoms. The lowest BCUT2D eigenvalue weighted by Gasteiger charge is -2.04. The van der Waals surface area contributed by atoms with Crippen molar-refractivity contribution < 1.29 is 5.11 Å². The maximum Gasteiger partial charge on any atom is 0.159 e. The standard InChI is InChI=1S/C9H11N3O/c1-7(13)5-12-6-11-8-3-2-4-10-9(8)12/h2-4,6-7,13H,5H2,1H3. The van der Waals surface area contributed by atoms with Crippen molar-refractivity contribution in [3.63, 3.8) is 0 Å². The number of aliphatic hydroxyl groups excluding tert-OH is 1. The molecule has 0 aromatic carbocycles. The van der Waals surface area contributed by atoms with E-state index in [2.05, 4.69) is 9.97 Å². The molecular weight excluding hydrogens is 166 g/mol. The molecule has 0 saturated carbocycles. The highest BCUT2D eigenvalue weighted by molar-refractivity contribution is 5.69. The van der Waals surface area contributed by atoms with E-state index in [9.17, 15) is 5.11 Å². The smallest absolute Gasteiger partial charge is 0.159 e. The van der Waals surface area contributed by atoms with Crippen LogP contribution < -0.4 is 0 Å². The number of pyridine rings is 1. The van der Waals surface area contributed by atoms with Crippen LogP contribution in [0.25, 0.3) is 11.2 Å². The number of nitrogens with zero attached hydrogens (tertiary/aromatic N) is 3. The van der Waals surface area contributed by atoms with Crippen LogP contribution in [0.4, 0.5) is 0 Å². The maximum atomic E-state index is 9.21. The van der Waals surface area contributed by atoms with Gasteiger partial charge < -0.3 is 9.67 Å². The first-order chi connectivity index (χ1) is 6.27. The number of imidazole rings is 1. The summed E-state index contributed by atoms with van der Waals surface area (Å²) in [6, 6.07) is 3.75. The Morgan fingerprint density at radius 1 is 1.54 bits per heavy atom. The minimum absolute atomic E-state index is 0.376. The highest BCUT2D eigenvalue weighted by Gasteiger charge is 2.04. The van der Waals surface area contributed by atoms with Crippen LogP contribution in [0, 0.1) is 0 Å². The Balaban J connectivity index is 2.46. The SMILES string of the molecule is CC(O)Cn1cnc2cccnc21. The van der Waals surface area contributed by atoms with Crippen LogP contribution in [0.2, 0.25) is 0 Å². The Kier molecular flexibility index (Phi) is 1.98. The molecule has 0 saturated heterocycles. The molecule has 0 aliphatic rings. The van der Waals surface area contributed by atoms with Crippen molar-refractivity contribution in [2.75, 3.05) is 0 Å². The number of rotatable bonds is 2. The lowest BCUT2D eigenvalue weighted by molar-refractivity contribution is 0.175. The highest BCUT2D eigenvalue weighted by Crippen LogP contribution is 2.08. The van der Waals surface area contributed by atoms with Crippen molar-refractivity contribution in [2.24, 2.45) is 0 Å². The van der Waals surface area contributed by atoms with Gasteiger partial charge in [-0.15, -0.1) is 0 Å². The van der Waals surface area contributed by atoms with Gasteiger partial charge in [0.05, 0.1) is 19.0 Å². The summed E-state index contributed by atoms with van der Waals surface area (Å²) < 4.78 is 1.85. The Morgan fingerprint density at radius 3 is 3.15 bits per heavy atom. The van der Waals surface area contributed by atoms with Crippen LogP contribution in [0.15, 0.2) is 24.7 Å². The molecule has 13 heavy (non-hydrogen) atoms. The molecule has 0 amide bonds. The number of aliphatic hydroxyl groups is 1. The van der Waals surface area contributed by atoms with E-state index in [1.165, 1.54) is 0 Å². The van der Waals surface area contributed by atoms with Crippen molar-refractivity contribution >= 4 is 11.2 Å². The van der Waals surface area contributed by atoms with Gasteiger partial charge in [0.2, 0.25) is 0 Å². The van der Waals surface area contributed by atoms with Gasteiger partial charge in [0.15, 0.2) is 5.65 Å². The van der Waals surface area contributed by atoms with E-state index in [1.807, 2.05) is 16.7 Å². The maximum absolute atomic E-state index is 9.21. The Labute approximate surface area is 75.9 Å². The molecule has 2 aromatic heterocycles. The minimum Gasteiger partial charge on any atom is -0.392 e. The summed E-state index contributed by atoms with van der Waals surface area (Å²) in [5.41, 5.74) is 1.69. The Morgan fingerprint density at radius 2 is 2.38 bits per heavy atom. The number of hydrogen-bond donors (Lipinski definition) is 1. The van der Waals surface area contributed by atoms with Crippen molar-refractivity contribution in [2.45, 2.75) is 19.6 Å². The number of aromatic nitrogens is 3. The quantitative estimate of drug-likeness (QED) is 0.738. The van der Waals surface area contributed by atoms with Gasteiger partial charge in [0.25, 0.3) is 0 Å². The summed E-state index contributed by atoms with van der Waals surface area (Å²) in [6.45, 7) is 2.28. The van der Waals surface area contributed by atoms with Crippen molar-refractivity contribution in [1.29, 1.82) is 0 Å². The van der Waals surface area contributed by atoms with Crippen LogP contribution in [-0.2, 0) is 6.54 Å². The molecule has 1 atom stereocenters. The zero-order valence-corrected chi connectivity index (χ0v) is 7.38. The van der Waals surface area contributed by atoms with E-state index < -0.39 is 0 Å². The lowest BCUT2D eigenvalue weighted by Crippen LogP contribution is -2.10. The normalized spacial score (nSPS) is 13.4. The van der Waals surface area contributed by atoms with E-state index in [0.717, 1.165) is 11.2 Å². The third kappa shape index (κ3) is 1.53. The molecule has 2 rings (SSSR count). The van der Waals surface area contributed by atoms with Gasteiger partial charge in [0, 0.05) is 6.20 Å². The fourth-order valence-electron chi connectivity index (χ4n) is 1.32. The van der Waals surface area contributed by atoms with Crippen molar-refractivity contribution in [3.8, 4) is 0 Å². The molecule has 68 valence electrons. The predicted octanol–water partition coefficient (Wildman–Crippen LogP) is 0.812. The molecule has 1 unspecified atom stereocenters. The number of fused-ring (bicyclic) bond motifs is 1. The second-order valence-electron chi connectivity index (χ2n) is 3.09. The summed E-state index contributed by atoms with van der Waals surface area (Å²) in [7, 11) is 0. The van der Waals surface area contributed by atoms with E-state index in [4.69, 9.17) is 0 Å². The van der Waals surface area contributed by atoms with Crippen LogP contribution in [0.5, 0.6) is 0 Å². The summed E-state index contributed by atoms with van der Waals surface area (Å²) in [4.78, 5) is 8.34. The van der Waals surface area contributed by atoms with Gasteiger partial charge in [0.1, 0.15) is 5.52 Å². The lowest BCUT2D eigenvalue weighted by atomic mass is 10.4. The van der Waals surface area contributed by atoms with Gasteiger partial charge in [-0.3, -0.25) is 0 Å². The summed E-state index contributed by atoms with van der Waals surface area (Å²) in [5.74, 6) is 0. The first-order valence-electron chi connectivity index (χ1n) is 4.21. The molecule has 0 fully saturated rings. The topological polar surface area (TPSA) is 50.9 Å². The summed E-state index contributed by atoms with van der Waals surface area (Å²) in [6.07, 6.45) is 3.05. The fraction of sp³-hybridized carbons (Fsp3) is 0.333. The van der Waals surface area contributed by atoms with Crippen LogP contribution in [0.3, 0.4) is 0 Å². The Hall–Kier alpha value is -1.42. The van der Waals surface area contributed by atoms with Gasteiger partial charge in [-0.05, 0) is 19.1 Å². The zero-order chi connectivity index (χ0) is 9.26. The van der Waals surface area contributed by atoms with Crippen molar-refractivity contribution in [1.82, 2.24) is 14.5 Å². The predicted molar refractivity (Wildman–Crippen MR) is 49.2 cm³/mol. The third-order valence-corrected chi connectivity index (χ3v) is 1.84. The first-order valence-corrected chi connectivity index (χ1v) is 4.21. The van der Waals surface area contributed by atoms with Crippen molar-refractivity contribution in [3.05, 3.63) is 24.7 Å². The van der Waals surface area contributed by atoms with E-state index in [-0.39, 0.29) is 6.10 Å². The third-order valence-electron chi connectivity index (χ3n) is 1.84. The summed E-state index contributed by atoms with van der Waals surface area (Å²) in [5, 5.41) is 9.21. The zero-order valence-electron chi connectivity index (χ0n) is 7.38. The van der Waals surface area contributed by atoms with Gasteiger partial charge in [-0.2, -0.15) is 0 Å². The van der Waals surface area contributed by atoms with E-state index >= 15 is 0 Å². The van der Waals surface area contributed by atoms with Gasteiger partial charge in [-0.1, -0.05) is 0 Å². The monoisotopic (exact) mass is 177 g/mol. The molecule has 0 radical (unpaired) electrons. The molecule has 0 aliphatic heterocycles. The first kappa shape index (κ1) is 8.19. The van der Waals surface area contributed by atoms with Crippen LogP contribution >= 0.6 is 0 Å². The minimum atomic E-state index is -0.376. The fourth-order valence-corrected chi connectivity index (χ4v) is 1.32. The second-order valence-corrected chi connectivity index (χ2v) is 3.09. The molecule has 2 heterocycles. The largest absolute Gasteiger partial charge is 0.392 e. The average Bonchev–Trinajstić information content (AvgIpc) is 2.48. The second kappa shape index (κ2) is 3.14.